The Morgan fingerprint density at radius 1 is 1.57 bits per heavy atom. The molecule has 0 atom stereocenters. The highest BCUT2D eigenvalue weighted by atomic mass is 35.5. The average Bonchev–Trinajstić information content (AvgIpc) is 2.18. The summed E-state index contributed by atoms with van der Waals surface area (Å²) in [7, 11) is 0. The van der Waals surface area contributed by atoms with Crippen LogP contribution in [0.4, 0.5) is 0 Å². The lowest BCUT2D eigenvalue weighted by molar-refractivity contribution is 0.0696. The second-order valence-electron chi connectivity index (χ2n) is 2.83. The fraction of sp³-hybridized carbons (Fsp3) is 0.182. The molecule has 0 amide bonds. The Morgan fingerprint density at radius 2 is 2.29 bits per heavy atom. The highest BCUT2D eigenvalue weighted by molar-refractivity contribution is 6.18. The van der Waals surface area contributed by atoms with Crippen molar-refractivity contribution in [1.29, 1.82) is 0 Å². The van der Waals surface area contributed by atoms with Gasteiger partial charge in [0, 0.05) is 5.88 Å². The van der Waals surface area contributed by atoms with Crippen molar-refractivity contribution >= 4 is 23.6 Å². The number of hydrogen-bond donors (Lipinski definition) is 1. The molecule has 0 heterocycles. The van der Waals surface area contributed by atoms with Crippen LogP contribution in [0.3, 0.4) is 0 Å². The van der Waals surface area contributed by atoms with Gasteiger partial charge in [0.2, 0.25) is 0 Å². The van der Waals surface area contributed by atoms with E-state index in [0.717, 1.165) is 5.56 Å². The molecule has 1 aromatic carbocycles. The second kappa shape index (κ2) is 4.82. The van der Waals surface area contributed by atoms with Crippen LogP contribution in [0.25, 0.3) is 6.08 Å². The molecular weight excluding hydrogens is 200 g/mol. The lowest BCUT2D eigenvalue weighted by atomic mass is 9.99. The number of carboxylic acid groups (broad SMARTS) is 1. The Hall–Kier alpha value is -1.28. The van der Waals surface area contributed by atoms with E-state index in [4.69, 9.17) is 16.7 Å². The van der Waals surface area contributed by atoms with Crippen molar-refractivity contribution < 1.29 is 9.90 Å². The molecule has 74 valence electrons. The van der Waals surface area contributed by atoms with E-state index in [2.05, 4.69) is 6.58 Å². The number of halogens is 1. The van der Waals surface area contributed by atoms with Gasteiger partial charge in [-0.1, -0.05) is 24.8 Å². The first-order chi connectivity index (χ1) is 6.70. The summed E-state index contributed by atoms with van der Waals surface area (Å²) < 4.78 is 0. The minimum Gasteiger partial charge on any atom is -0.478 e. The molecule has 1 aromatic rings. The van der Waals surface area contributed by atoms with Gasteiger partial charge in [-0.2, -0.15) is 0 Å². The first kappa shape index (κ1) is 10.8. The van der Waals surface area contributed by atoms with Crippen LogP contribution in [0, 0.1) is 0 Å². The molecule has 0 saturated heterocycles. The predicted octanol–water partition coefficient (Wildman–Crippen LogP) is 2.81. The van der Waals surface area contributed by atoms with Gasteiger partial charge in [0.25, 0.3) is 0 Å². The zero-order chi connectivity index (χ0) is 10.6. The van der Waals surface area contributed by atoms with Crippen LogP contribution in [-0.2, 0) is 6.42 Å². The van der Waals surface area contributed by atoms with Gasteiger partial charge in [0.15, 0.2) is 0 Å². The Labute approximate surface area is 87.8 Å². The molecule has 0 fully saturated rings. The number of hydrogen-bond acceptors (Lipinski definition) is 1. The average molecular weight is 211 g/mol. The normalized spacial score (nSPS) is 9.79. The minimum absolute atomic E-state index is 0.280. The summed E-state index contributed by atoms with van der Waals surface area (Å²) in [4.78, 5) is 10.9. The fourth-order valence-electron chi connectivity index (χ4n) is 1.36. The quantitative estimate of drug-likeness (QED) is 0.776. The van der Waals surface area contributed by atoms with Gasteiger partial charge in [-0.05, 0) is 23.6 Å². The van der Waals surface area contributed by atoms with Crippen LogP contribution >= 0.6 is 11.6 Å². The van der Waals surface area contributed by atoms with Crippen molar-refractivity contribution in [2.45, 2.75) is 6.42 Å². The summed E-state index contributed by atoms with van der Waals surface area (Å²) in [6.07, 6.45) is 2.22. The van der Waals surface area contributed by atoms with Crippen LogP contribution in [0.15, 0.2) is 24.8 Å². The zero-order valence-corrected chi connectivity index (χ0v) is 8.42. The van der Waals surface area contributed by atoms with E-state index < -0.39 is 5.97 Å². The number of aromatic carboxylic acids is 1. The third kappa shape index (κ3) is 2.15. The largest absolute Gasteiger partial charge is 0.478 e. The number of carbonyl (C=O) groups is 1. The van der Waals surface area contributed by atoms with E-state index in [0.29, 0.717) is 17.9 Å². The molecule has 2 nitrogen and oxygen atoms in total. The summed E-state index contributed by atoms with van der Waals surface area (Å²) >= 11 is 5.62. The number of benzene rings is 1. The molecule has 0 saturated carbocycles. The maximum absolute atomic E-state index is 10.9. The molecule has 0 aliphatic rings. The van der Waals surface area contributed by atoms with E-state index in [1.807, 2.05) is 6.07 Å². The van der Waals surface area contributed by atoms with E-state index >= 15 is 0 Å². The number of carboxylic acids is 1. The van der Waals surface area contributed by atoms with Crippen LogP contribution in [0.1, 0.15) is 21.5 Å². The molecule has 1 rings (SSSR count). The van der Waals surface area contributed by atoms with Crippen molar-refractivity contribution in [3.05, 3.63) is 41.5 Å². The van der Waals surface area contributed by atoms with Crippen LogP contribution < -0.4 is 0 Å². The lowest BCUT2D eigenvalue weighted by Crippen LogP contribution is -2.02. The van der Waals surface area contributed by atoms with Crippen molar-refractivity contribution in [2.75, 3.05) is 5.88 Å². The first-order valence-corrected chi connectivity index (χ1v) is 4.77. The third-order valence-electron chi connectivity index (χ3n) is 1.99. The smallest absolute Gasteiger partial charge is 0.336 e. The van der Waals surface area contributed by atoms with Gasteiger partial charge in [-0.25, -0.2) is 4.79 Å². The van der Waals surface area contributed by atoms with Gasteiger partial charge in [0.05, 0.1) is 5.56 Å². The van der Waals surface area contributed by atoms with Crippen molar-refractivity contribution in [3.63, 3.8) is 0 Å². The topological polar surface area (TPSA) is 37.3 Å². The van der Waals surface area contributed by atoms with E-state index in [1.54, 1.807) is 18.2 Å². The van der Waals surface area contributed by atoms with Gasteiger partial charge in [0.1, 0.15) is 0 Å². The molecule has 0 aromatic heterocycles. The number of aryl methyl sites for hydroxylation is 1. The first-order valence-electron chi connectivity index (χ1n) is 4.24. The van der Waals surface area contributed by atoms with Gasteiger partial charge < -0.3 is 5.11 Å². The Balaban J connectivity index is 3.24. The van der Waals surface area contributed by atoms with Crippen LogP contribution in [0.2, 0.25) is 0 Å². The summed E-state index contributed by atoms with van der Waals surface area (Å²) in [6.45, 7) is 3.61. The maximum Gasteiger partial charge on any atom is 0.336 e. The van der Waals surface area contributed by atoms with E-state index in [-0.39, 0.29) is 5.56 Å². The second-order valence-corrected chi connectivity index (χ2v) is 3.20. The molecule has 0 bridgehead atoms. The Kier molecular flexibility index (Phi) is 3.72. The maximum atomic E-state index is 10.9. The molecule has 3 heteroatoms. The predicted molar refractivity (Wildman–Crippen MR) is 57.9 cm³/mol. The highest BCUT2D eigenvalue weighted by Gasteiger charge is 2.10. The van der Waals surface area contributed by atoms with Crippen LogP contribution in [0.5, 0.6) is 0 Å². The number of alkyl halides is 1. The van der Waals surface area contributed by atoms with Gasteiger partial charge in [-0.3, -0.25) is 0 Å². The monoisotopic (exact) mass is 210 g/mol. The fourth-order valence-corrected chi connectivity index (χ4v) is 1.56. The van der Waals surface area contributed by atoms with Crippen molar-refractivity contribution in [2.24, 2.45) is 0 Å². The Morgan fingerprint density at radius 3 is 2.79 bits per heavy atom. The molecule has 0 aliphatic carbocycles. The van der Waals surface area contributed by atoms with Crippen molar-refractivity contribution in [3.8, 4) is 0 Å². The number of rotatable bonds is 4. The lowest BCUT2D eigenvalue weighted by Gasteiger charge is -2.07. The summed E-state index contributed by atoms with van der Waals surface area (Å²) in [5.74, 6) is -0.458. The molecule has 0 radical (unpaired) electrons. The Bertz CT molecular complexity index is 358. The standard InChI is InChI=1S/C11H11ClO2/c1-2-9-8(6-7-12)4-3-5-10(9)11(13)14/h2-5H,1,6-7H2,(H,13,14). The minimum atomic E-state index is -0.934. The summed E-state index contributed by atoms with van der Waals surface area (Å²) in [5, 5.41) is 8.91. The molecule has 0 aliphatic heterocycles. The third-order valence-corrected chi connectivity index (χ3v) is 2.18. The molecule has 14 heavy (non-hydrogen) atoms. The highest BCUT2D eigenvalue weighted by Crippen LogP contribution is 2.17. The SMILES string of the molecule is C=Cc1c(CCCl)cccc1C(=O)O. The molecular formula is C11H11ClO2. The zero-order valence-electron chi connectivity index (χ0n) is 7.66. The molecule has 1 N–H and O–H groups in total. The molecule has 0 spiro atoms. The van der Waals surface area contributed by atoms with Crippen LogP contribution in [-0.4, -0.2) is 17.0 Å². The van der Waals surface area contributed by atoms with Crippen molar-refractivity contribution in [1.82, 2.24) is 0 Å². The summed E-state index contributed by atoms with van der Waals surface area (Å²) in [5.41, 5.74) is 1.87. The van der Waals surface area contributed by atoms with Gasteiger partial charge >= 0.3 is 5.97 Å². The molecule has 0 unspecified atom stereocenters. The van der Waals surface area contributed by atoms with E-state index in [9.17, 15) is 4.79 Å². The summed E-state index contributed by atoms with van der Waals surface area (Å²) in [6, 6.07) is 5.15. The van der Waals surface area contributed by atoms with E-state index in [1.165, 1.54) is 0 Å². The van der Waals surface area contributed by atoms with Gasteiger partial charge in [-0.15, -0.1) is 11.6 Å².